The lowest BCUT2D eigenvalue weighted by Gasteiger charge is -2.32. The summed E-state index contributed by atoms with van der Waals surface area (Å²) in [5.41, 5.74) is 2.59. The number of nitrogens with zero attached hydrogens (tertiary/aromatic N) is 1. The number of para-hydroxylation sites is 1. The van der Waals surface area contributed by atoms with Crippen LogP contribution in [0.1, 0.15) is 25.3 Å². The number of piperidine rings is 1. The van der Waals surface area contributed by atoms with Crippen LogP contribution in [0.4, 0.5) is 11.4 Å². The Morgan fingerprint density at radius 1 is 1.10 bits per heavy atom. The third kappa shape index (κ3) is 6.11. The molecule has 30 heavy (non-hydrogen) atoms. The van der Waals surface area contributed by atoms with E-state index >= 15 is 0 Å². The number of esters is 1. The van der Waals surface area contributed by atoms with E-state index in [9.17, 15) is 9.59 Å². The van der Waals surface area contributed by atoms with Crippen molar-refractivity contribution in [2.45, 2.75) is 19.8 Å². The summed E-state index contributed by atoms with van der Waals surface area (Å²) >= 11 is 0. The molecule has 0 aromatic heterocycles. The molecular weight excluding hydrogens is 380 g/mol. The summed E-state index contributed by atoms with van der Waals surface area (Å²) in [5, 5.41) is 2.75. The van der Waals surface area contributed by atoms with Crippen LogP contribution < -0.4 is 15.0 Å². The van der Waals surface area contributed by atoms with Gasteiger partial charge in [-0.25, -0.2) is 4.79 Å². The maximum Gasteiger partial charge on any atom is 0.331 e. The molecular formula is C24H28N2O4. The quantitative estimate of drug-likeness (QED) is 0.551. The van der Waals surface area contributed by atoms with E-state index < -0.39 is 5.97 Å². The molecule has 0 bridgehead atoms. The molecule has 2 aromatic rings. The van der Waals surface area contributed by atoms with Crippen molar-refractivity contribution in [3.8, 4) is 5.75 Å². The SMILES string of the molecule is COc1ccccc1/C=C/C(=O)OCC(=O)Nc1ccc(N2CCC(C)CC2)cc1. The molecule has 6 heteroatoms. The van der Waals surface area contributed by atoms with E-state index in [0.717, 1.165) is 30.3 Å². The van der Waals surface area contributed by atoms with Crippen LogP contribution >= 0.6 is 0 Å². The van der Waals surface area contributed by atoms with Gasteiger partial charge < -0.3 is 19.7 Å². The molecule has 1 saturated heterocycles. The highest BCUT2D eigenvalue weighted by atomic mass is 16.5. The van der Waals surface area contributed by atoms with Crippen molar-refractivity contribution >= 4 is 29.3 Å². The Kier molecular flexibility index (Phi) is 7.49. The first-order valence-electron chi connectivity index (χ1n) is 10.2. The van der Waals surface area contributed by atoms with Gasteiger partial charge in [0.2, 0.25) is 0 Å². The monoisotopic (exact) mass is 408 g/mol. The average molecular weight is 408 g/mol. The number of hydrogen-bond donors (Lipinski definition) is 1. The lowest BCUT2D eigenvalue weighted by atomic mass is 9.99. The third-order valence-corrected chi connectivity index (χ3v) is 5.18. The zero-order valence-electron chi connectivity index (χ0n) is 17.5. The molecule has 0 atom stereocenters. The summed E-state index contributed by atoms with van der Waals surface area (Å²) in [7, 11) is 1.56. The molecule has 6 nitrogen and oxygen atoms in total. The Labute approximate surface area is 177 Å². The molecule has 158 valence electrons. The summed E-state index contributed by atoms with van der Waals surface area (Å²) in [6.45, 7) is 4.06. The molecule has 2 aromatic carbocycles. The first kappa shape index (κ1) is 21.4. The highest BCUT2D eigenvalue weighted by Gasteiger charge is 2.16. The molecule has 0 aliphatic carbocycles. The Bertz CT molecular complexity index is 884. The van der Waals surface area contributed by atoms with E-state index in [-0.39, 0.29) is 12.5 Å². The van der Waals surface area contributed by atoms with E-state index in [1.54, 1.807) is 19.3 Å². The van der Waals surface area contributed by atoms with E-state index in [4.69, 9.17) is 9.47 Å². The Morgan fingerprint density at radius 3 is 2.50 bits per heavy atom. The van der Waals surface area contributed by atoms with Crippen LogP contribution in [-0.2, 0) is 14.3 Å². The standard InChI is InChI=1S/C24H28N2O4/c1-18-13-15-26(16-14-18)21-10-8-20(9-11-21)25-23(27)17-30-24(28)12-7-19-5-3-4-6-22(19)29-2/h3-12,18H,13-17H2,1-2H3,(H,25,27)/b12-7+. The van der Waals surface area contributed by atoms with Gasteiger partial charge >= 0.3 is 5.97 Å². The first-order chi connectivity index (χ1) is 14.5. The second kappa shape index (κ2) is 10.5. The van der Waals surface area contributed by atoms with Crippen molar-refractivity contribution in [3.63, 3.8) is 0 Å². The van der Waals surface area contributed by atoms with Gasteiger partial charge in [0.05, 0.1) is 7.11 Å². The van der Waals surface area contributed by atoms with E-state index in [1.807, 2.05) is 42.5 Å². The zero-order valence-corrected chi connectivity index (χ0v) is 17.5. The fourth-order valence-electron chi connectivity index (χ4n) is 3.37. The van der Waals surface area contributed by atoms with Crippen LogP contribution in [0.3, 0.4) is 0 Å². The third-order valence-electron chi connectivity index (χ3n) is 5.18. The minimum atomic E-state index is -0.592. The summed E-state index contributed by atoms with van der Waals surface area (Å²) in [4.78, 5) is 26.3. The van der Waals surface area contributed by atoms with Crippen LogP contribution in [-0.4, -0.2) is 38.7 Å². The smallest absolute Gasteiger partial charge is 0.331 e. The highest BCUT2D eigenvalue weighted by molar-refractivity contribution is 5.94. The predicted molar refractivity (Wildman–Crippen MR) is 119 cm³/mol. The summed E-state index contributed by atoms with van der Waals surface area (Å²) < 4.78 is 10.2. The molecule has 0 radical (unpaired) electrons. The molecule has 0 unspecified atom stereocenters. The largest absolute Gasteiger partial charge is 0.496 e. The van der Waals surface area contributed by atoms with Gasteiger partial charge in [-0.15, -0.1) is 0 Å². The minimum absolute atomic E-state index is 0.346. The van der Waals surface area contributed by atoms with Crippen LogP contribution in [0.25, 0.3) is 6.08 Å². The molecule has 0 saturated carbocycles. The lowest BCUT2D eigenvalue weighted by Crippen LogP contribution is -2.32. The molecule has 1 aliphatic heterocycles. The van der Waals surface area contributed by atoms with Crippen molar-refractivity contribution in [1.82, 2.24) is 0 Å². The van der Waals surface area contributed by atoms with Crippen LogP contribution in [0.2, 0.25) is 0 Å². The number of carbonyl (C=O) groups excluding carboxylic acids is 2. The van der Waals surface area contributed by atoms with Gasteiger partial charge in [-0.3, -0.25) is 4.79 Å². The highest BCUT2D eigenvalue weighted by Crippen LogP contribution is 2.24. The molecule has 1 heterocycles. The molecule has 1 amide bonds. The number of rotatable bonds is 7. The molecule has 1 N–H and O–H groups in total. The fourth-order valence-corrected chi connectivity index (χ4v) is 3.37. The van der Waals surface area contributed by atoms with Crippen LogP contribution in [0, 0.1) is 5.92 Å². The molecule has 0 spiro atoms. The van der Waals surface area contributed by atoms with Crippen LogP contribution in [0.15, 0.2) is 54.6 Å². The lowest BCUT2D eigenvalue weighted by molar-refractivity contribution is -0.142. The predicted octanol–water partition coefficient (Wildman–Crippen LogP) is 4.13. The number of carbonyl (C=O) groups is 2. The zero-order chi connectivity index (χ0) is 21.3. The maximum absolute atomic E-state index is 12.1. The van der Waals surface area contributed by atoms with Crippen molar-refractivity contribution in [2.75, 3.05) is 37.0 Å². The van der Waals surface area contributed by atoms with Gasteiger partial charge in [-0.05, 0) is 55.2 Å². The number of hydrogen-bond acceptors (Lipinski definition) is 5. The topological polar surface area (TPSA) is 67.9 Å². The second-order valence-electron chi connectivity index (χ2n) is 7.45. The van der Waals surface area contributed by atoms with Crippen molar-refractivity contribution in [2.24, 2.45) is 5.92 Å². The van der Waals surface area contributed by atoms with Crippen LogP contribution in [0.5, 0.6) is 5.75 Å². The molecule has 3 rings (SSSR count). The summed E-state index contributed by atoms with van der Waals surface area (Å²) in [5.74, 6) is 0.466. The number of methoxy groups -OCH3 is 1. The van der Waals surface area contributed by atoms with E-state index in [2.05, 4.69) is 17.1 Å². The van der Waals surface area contributed by atoms with Gasteiger partial charge in [-0.1, -0.05) is 25.1 Å². The Balaban J connectivity index is 1.45. The second-order valence-corrected chi connectivity index (χ2v) is 7.45. The fraction of sp³-hybridized carbons (Fsp3) is 0.333. The van der Waals surface area contributed by atoms with Gasteiger partial charge in [0, 0.05) is 36.1 Å². The first-order valence-corrected chi connectivity index (χ1v) is 10.2. The van der Waals surface area contributed by atoms with Gasteiger partial charge in [0.25, 0.3) is 5.91 Å². The normalized spacial score (nSPS) is 14.5. The molecule has 1 fully saturated rings. The Morgan fingerprint density at radius 2 is 1.80 bits per heavy atom. The van der Waals surface area contributed by atoms with Crippen molar-refractivity contribution in [3.05, 3.63) is 60.2 Å². The van der Waals surface area contributed by atoms with Gasteiger partial charge in [0.15, 0.2) is 6.61 Å². The van der Waals surface area contributed by atoms with Crippen molar-refractivity contribution in [1.29, 1.82) is 0 Å². The summed E-state index contributed by atoms with van der Waals surface area (Å²) in [6, 6.07) is 15.1. The number of amides is 1. The molecule has 1 aliphatic rings. The number of nitrogens with one attached hydrogen (secondary N) is 1. The maximum atomic E-state index is 12.1. The van der Waals surface area contributed by atoms with E-state index in [1.165, 1.54) is 18.9 Å². The van der Waals surface area contributed by atoms with Gasteiger partial charge in [-0.2, -0.15) is 0 Å². The average Bonchev–Trinajstić information content (AvgIpc) is 2.77. The Hall–Kier alpha value is -3.28. The number of benzene rings is 2. The minimum Gasteiger partial charge on any atom is -0.496 e. The van der Waals surface area contributed by atoms with Crippen molar-refractivity contribution < 1.29 is 19.1 Å². The summed E-state index contributed by atoms with van der Waals surface area (Å²) in [6.07, 6.45) is 5.28. The van der Waals surface area contributed by atoms with Gasteiger partial charge in [0.1, 0.15) is 5.75 Å². The number of anilines is 2. The number of ether oxygens (including phenoxy) is 2. The van der Waals surface area contributed by atoms with E-state index in [0.29, 0.717) is 11.4 Å².